The van der Waals surface area contributed by atoms with Crippen LogP contribution in [0.5, 0.6) is 0 Å². The molecular weight excluding hydrogens is 354 g/mol. The van der Waals surface area contributed by atoms with Crippen molar-refractivity contribution in [3.8, 4) is 0 Å². The number of carbonyl (C=O) groups excluding carboxylic acids is 2. The van der Waals surface area contributed by atoms with Crippen molar-refractivity contribution in [3.05, 3.63) is 28.8 Å². The molecule has 1 heterocycles. The predicted molar refractivity (Wildman–Crippen MR) is 89.8 cm³/mol. The van der Waals surface area contributed by atoms with Gasteiger partial charge in [-0.1, -0.05) is 18.5 Å². The van der Waals surface area contributed by atoms with Gasteiger partial charge in [0.2, 0.25) is 0 Å². The summed E-state index contributed by atoms with van der Waals surface area (Å²) in [6.45, 7) is 3.00. The van der Waals surface area contributed by atoms with E-state index in [1.807, 2.05) is 0 Å². The van der Waals surface area contributed by atoms with Crippen LogP contribution in [0.4, 0.5) is 0 Å². The third-order valence-corrected chi connectivity index (χ3v) is 5.36. The van der Waals surface area contributed by atoms with Gasteiger partial charge in [0.05, 0.1) is 15.5 Å². The van der Waals surface area contributed by atoms with Gasteiger partial charge < -0.3 is 9.64 Å². The Kier molecular flexibility index (Phi) is 5.87. The van der Waals surface area contributed by atoms with Gasteiger partial charge in [-0.25, -0.2) is 13.2 Å². The fourth-order valence-corrected chi connectivity index (χ4v) is 3.45. The lowest BCUT2D eigenvalue weighted by Gasteiger charge is -2.30. The summed E-state index contributed by atoms with van der Waals surface area (Å²) in [4.78, 5) is 25.9. The molecule has 1 aromatic carbocycles. The summed E-state index contributed by atoms with van der Waals surface area (Å²) in [6.07, 6.45) is 3.05. The van der Waals surface area contributed by atoms with Crippen LogP contribution in [0, 0.1) is 5.92 Å². The van der Waals surface area contributed by atoms with Crippen LogP contribution in [0.2, 0.25) is 5.02 Å². The number of amides is 1. The molecule has 1 fully saturated rings. The van der Waals surface area contributed by atoms with E-state index in [1.165, 1.54) is 12.1 Å². The number of esters is 1. The molecular formula is C16H20ClNO5S. The average Bonchev–Trinajstić information content (AvgIpc) is 2.51. The number of carbonyl (C=O) groups is 2. The summed E-state index contributed by atoms with van der Waals surface area (Å²) >= 11 is 5.93. The highest BCUT2D eigenvalue weighted by molar-refractivity contribution is 7.90. The summed E-state index contributed by atoms with van der Waals surface area (Å²) in [5, 5.41) is 0.0754. The van der Waals surface area contributed by atoms with Gasteiger partial charge in [0.25, 0.3) is 5.91 Å². The molecule has 1 saturated heterocycles. The Morgan fingerprint density at radius 2 is 2.08 bits per heavy atom. The Hall–Kier alpha value is -1.60. The highest BCUT2D eigenvalue weighted by Crippen LogP contribution is 2.21. The second kappa shape index (κ2) is 7.53. The standard InChI is InChI=1S/C16H20ClNO5S/c1-11-4-3-7-18(9-11)15(19)10-23-16(20)13-8-12(24(2,21)22)5-6-14(13)17/h5-6,8,11H,3-4,7,9-10H2,1-2H3/t11-/m0/s1. The molecule has 0 bridgehead atoms. The topological polar surface area (TPSA) is 80.8 Å². The second-order valence-corrected chi connectivity index (χ2v) is 8.50. The molecule has 0 unspecified atom stereocenters. The summed E-state index contributed by atoms with van der Waals surface area (Å²) in [6, 6.07) is 3.80. The smallest absolute Gasteiger partial charge is 0.340 e. The zero-order valence-corrected chi connectivity index (χ0v) is 15.2. The first kappa shape index (κ1) is 18.7. The molecule has 1 amide bonds. The van der Waals surface area contributed by atoms with Crippen molar-refractivity contribution in [1.82, 2.24) is 4.90 Å². The largest absolute Gasteiger partial charge is 0.452 e. The van der Waals surface area contributed by atoms with E-state index in [4.69, 9.17) is 16.3 Å². The van der Waals surface area contributed by atoms with E-state index < -0.39 is 15.8 Å². The van der Waals surface area contributed by atoms with E-state index >= 15 is 0 Å². The van der Waals surface area contributed by atoms with Gasteiger partial charge in [0.15, 0.2) is 16.4 Å². The minimum atomic E-state index is -3.47. The van der Waals surface area contributed by atoms with Crippen molar-refractivity contribution >= 4 is 33.3 Å². The van der Waals surface area contributed by atoms with Crippen LogP contribution >= 0.6 is 11.6 Å². The van der Waals surface area contributed by atoms with Crippen molar-refractivity contribution < 1.29 is 22.7 Å². The van der Waals surface area contributed by atoms with Gasteiger partial charge in [-0.3, -0.25) is 4.79 Å². The van der Waals surface area contributed by atoms with E-state index in [9.17, 15) is 18.0 Å². The number of piperidine rings is 1. The van der Waals surface area contributed by atoms with Gasteiger partial charge >= 0.3 is 5.97 Å². The molecule has 0 aromatic heterocycles. The van der Waals surface area contributed by atoms with Gasteiger partial charge in [-0.05, 0) is 37.0 Å². The Balaban J connectivity index is 2.03. The van der Waals surface area contributed by atoms with Crippen LogP contribution in [-0.2, 0) is 19.4 Å². The van der Waals surface area contributed by atoms with Crippen LogP contribution in [0.15, 0.2) is 23.1 Å². The fraction of sp³-hybridized carbons (Fsp3) is 0.500. The number of ether oxygens (including phenoxy) is 1. The number of hydrogen-bond donors (Lipinski definition) is 0. The van der Waals surface area contributed by atoms with Crippen LogP contribution in [0.25, 0.3) is 0 Å². The average molecular weight is 374 g/mol. The Bertz CT molecular complexity index is 747. The van der Waals surface area contributed by atoms with E-state index in [0.717, 1.165) is 25.2 Å². The molecule has 1 atom stereocenters. The first-order valence-corrected chi connectivity index (χ1v) is 9.90. The van der Waals surface area contributed by atoms with Crippen molar-refractivity contribution in [3.63, 3.8) is 0 Å². The number of sulfone groups is 1. The molecule has 1 aromatic rings. The fourth-order valence-electron chi connectivity index (χ4n) is 2.60. The molecule has 0 radical (unpaired) electrons. The van der Waals surface area contributed by atoms with Gasteiger partial charge in [0, 0.05) is 19.3 Å². The van der Waals surface area contributed by atoms with Crippen LogP contribution in [-0.4, -0.2) is 51.1 Å². The van der Waals surface area contributed by atoms with E-state index in [2.05, 4.69) is 6.92 Å². The number of nitrogens with zero attached hydrogens (tertiary/aromatic N) is 1. The summed E-state index contributed by atoms with van der Waals surface area (Å²) < 4.78 is 28.2. The Morgan fingerprint density at radius 3 is 2.71 bits per heavy atom. The lowest BCUT2D eigenvalue weighted by molar-refractivity contribution is -0.136. The zero-order chi connectivity index (χ0) is 17.9. The molecule has 1 aliphatic heterocycles. The summed E-state index contributed by atoms with van der Waals surface area (Å²) in [5.74, 6) is -0.645. The van der Waals surface area contributed by atoms with Crippen molar-refractivity contribution in [2.75, 3.05) is 26.0 Å². The predicted octanol–water partition coefficient (Wildman–Crippen LogP) is 2.16. The van der Waals surface area contributed by atoms with E-state index in [1.54, 1.807) is 4.90 Å². The number of benzene rings is 1. The van der Waals surface area contributed by atoms with Crippen molar-refractivity contribution in [1.29, 1.82) is 0 Å². The number of halogens is 1. The Morgan fingerprint density at radius 1 is 1.38 bits per heavy atom. The minimum Gasteiger partial charge on any atom is -0.452 e. The maximum absolute atomic E-state index is 12.1. The van der Waals surface area contributed by atoms with Crippen molar-refractivity contribution in [2.24, 2.45) is 5.92 Å². The van der Waals surface area contributed by atoms with Gasteiger partial charge in [0.1, 0.15) is 0 Å². The maximum atomic E-state index is 12.1. The van der Waals surface area contributed by atoms with Crippen LogP contribution in [0.1, 0.15) is 30.1 Å². The first-order valence-electron chi connectivity index (χ1n) is 7.63. The number of likely N-dealkylation sites (tertiary alicyclic amines) is 1. The highest BCUT2D eigenvalue weighted by atomic mass is 35.5. The molecule has 132 valence electrons. The molecule has 0 saturated carbocycles. The highest BCUT2D eigenvalue weighted by Gasteiger charge is 2.23. The molecule has 2 rings (SSSR count). The molecule has 0 spiro atoms. The summed E-state index contributed by atoms with van der Waals surface area (Å²) in [7, 11) is -3.47. The zero-order valence-electron chi connectivity index (χ0n) is 13.6. The SMILES string of the molecule is C[C@H]1CCCN(C(=O)COC(=O)c2cc(S(C)(=O)=O)ccc2Cl)C1. The van der Waals surface area contributed by atoms with Crippen LogP contribution < -0.4 is 0 Å². The molecule has 0 N–H and O–H groups in total. The van der Waals surface area contributed by atoms with Gasteiger partial charge in [-0.2, -0.15) is 0 Å². The molecule has 24 heavy (non-hydrogen) atoms. The lowest BCUT2D eigenvalue weighted by Crippen LogP contribution is -2.41. The molecule has 8 heteroatoms. The van der Waals surface area contributed by atoms with E-state index in [-0.39, 0.29) is 28.0 Å². The third kappa shape index (κ3) is 4.70. The number of hydrogen-bond acceptors (Lipinski definition) is 5. The Labute approximate surface area is 146 Å². The van der Waals surface area contributed by atoms with Gasteiger partial charge in [-0.15, -0.1) is 0 Å². The monoisotopic (exact) mass is 373 g/mol. The quantitative estimate of drug-likeness (QED) is 0.755. The second-order valence-electron chi connectivity index (χ2n) is 6.08. The molecule has 6 nitrogen and oxygen atoms in total. The molecule has 0 aliphatic carbocycles. The van der Waals surface area contributed by atoms with Crippen LogP contribution in [0.3, 0.4) is 0 Å². The number of rotatable bonds is 4. The lowest BCUT2D eigenvalue weighted by atomic mass is 10.0. The minimum absolute atomic E-state index is 0.0324. The third-order valence-electron chi connectivity index (χ3n) is 3.92. The summed E-state index contributed by atoms with van der Waals surface area (Å²) in [5.41, 5.74) is -0.0700. The van der Waals surface area contributed by atoms with E-state index in [0.29, 0.717) is 19.0 Å². The molecule has 1 aliphatic rings. The normalized spacial score (nSPS) is 18.3. The van der Waals surface area contributed by atoms with Crippen molar-refractivity contribution in [2.45, 2.75) is 24.7 Å². The maximum Gasteiger partial charge on any atom is 0.340 e. The first-order chi connectivity index (χ1) is 11.2.